The maximum atomic E-state index is 14.9. The third-order valence-electron chi connectivity index (χ3n) is 4.41. The Morgan fingerprint density at radius 2 is 1.97 bits per heavy atom. The number of hydrogen-bond acceptors (Lipinski definition) is 4. The number of carbonyl (C=O) groups is 1. The van der Waals surface area contributed by atoms with Gasteiger partial charge in [0.2, 0.25) is 0 Å². The second-order valence-electron chi connectivity index (χ2n) is 7.79. The van der Waals surface area contributed by atoms with Crippen LogP contribution in [0.2, 0.25) is 5.02 Å². The van der Waals surface area contributed by atoms with E-state index < -0.39 is 29.4 Å². The Morgan fingerprint density at radius 3 is 2.48 bits per heavy atom. The van der Waals surface area contributed by atoms with Crippen molar-refractivity contribution in [1.29, 1.82) is 0 Å². The summed E-state index contributed by atoms with van der Waals surface area (Å²) in [7, 11) is 0. The van der Waals surface area contributed by atoms with E-state index in [2.05, 4.69) is 9.72 Å². The predicted molar refractivity (Wildman–Crippen MR) is 100.0 cm³/mol. The molecule has 1 saturated carbocycles. The predicted octanol–water partition coefficient (Wildman–Crippen LogP) is 6.14. The van der Waals surface area contributed by atoms with Crippen molar-refractivity contribution in [3.63, 3.8) is 0 Å². The van der Waals surface area contributed by atoms with Crippen molar-refractivity contribution in [1.82, 2.24) is 4.98 Å². The molecule has 0 saturated heterocycles. The Hall–Kier alpha value is -2.48. The standard InChI is InChI=1S/C20H19ClF3NO4/c1-20(2,3)14-15(22)11(18(26)27)7-12(21)17(14)28-10-6-13(29-19(23)24)16(25-8-10)9-4-5-9/h6-9,19H,4-5H2,1-3H3,(H,26,27). The largest absolute Gasteiger partial charge is 0.478 e. The summed E-state index contributed by atoms with van der Waals surface area (Å²) in [6.07, 6.45) is 2.97. The summed E-state index contributed by atoms with van der Waals surface area (Å²) >= 11 is 6.20. The molecule has 0 bridgehead atoms. The first-order chi connectivity index (χ1) is 13.5. The minimum absolute atomic E-state index is 0.0138. The third kappa shape index (κ3) is 4.58. The summed E-state index contributed by atoms with van der Waals surface area (Å²) in [5, 5.41) is 9.10. The lowest BCUT2D eigenvalue weighted by Gasteiger charge is -2.25. The summed E-state index contributed by atoms with van der Waals surface area (Å²) in [5.41, 5.74) is -1.09. The van der Waals surface area contributed by atoms with E-state index in [0.717, 1.165) is 18.9 Å². The fraction of sp³-hybridized carbons (Fsp3) is 0.400. The van der Waals surface area contributed by atoms with E-state index in [1.165, 1.54) is 12.3 Å². The van der Waals surface area contributed by atoms with Gasteiger partial charge in [-0.2, -0.15) is 8.78 Å². The zero-order chi connectivity index (χ0) is 21.5. The number of carboxylic acids is 1. The van der Waals surface area contributed by atoms with E-state index in [-0.39, 0.29) is 33.8 Å². The second-order valence-corrected chi connectivity index (χ2v) is 8.20. The van der Waals surface area contributed by atoms with Gasteiger partial charge in [-0.1, -0.05) is 32.4 Å². The van der Waals surface area contributed by atoms with Gasteiger partial charge in [-0.3, -0.25) is 4.98 Å². The Balaban J connectivity index is 2.08. The van der Waals surface area contributed by atoms with Gasteiger partial charge in [-0.15, -0.1) is 0 Å². The van der Waals surface area contributed by atoms with Crippen LogP contribution in [0.25, 0.3) is 0 Å². The van der Waals surface area contributed by atoms with Crippen molar-refractivity contribution in [3.8, 4) is 17.2 Å². The summed E-state index contributed by atoms with van der Waals surface area (Å²) in [4.78, 5) is 15.5. The highest BCUT2D eigenvalue weighted by molar-refractivity contribution is 6.32. The normalized spacial score (nSPS) is 14.2. The van der Waals surface area contributed by atoms with Crippen LogP contribution in [-0.2, 0) is 5.41 Å². The summed E-state index contributed by atoms with van der Waals surface area (Å²) in [6, 6.07) is 2.20. The van der Waals surface area contributed by atoms with E-state index in [1.54, 1.807) is 20.8 Å². The molecule has 0 aliphatic heterocycles. The highest BCUT2D eigenvalue weighted by Crippen LogP contribution is 2.46. The number of nitrogens with zero attached hydrogens (tertiary/aromatic N) is 1. The minimum atomic E-state index is -3.04. The van der Waals surface area contributed by atoms with Crippen molar-refractivity contribution in [3.05, 3.63) is 46.0 Å². The number of alkyl halides is 2. The Bertz CT molecular complexity index is 956. The average molecular weight is 430 g/mol. The van der Waals surface area contributed by atoms with Crippen molar-refractivity contribution < 1.29 is 32.5 Å². The molecule has 9 heteroatoms. The van der Waals surface area contributed by atoms with E-state index in [1.807, 2.05) is 0 Å². The van der Waals surface area contributed by atoms with Gasteiger partial charge in [0.25, 0.3) is 0 Å². The molecule has 5 nitrogen and oxygen atoms in total. The topological polar surface area (TPSA) is 68.7 Å². The van der Waals surface area contributed by atoms with E-state index >= 15 is 0 Å². The van der Waals surface area contributed by atoms with Crippen molar-refractivity contribution >= 4 is 17.6 Å². The fourth-order valence-corrected chi connectivity index (χ4v) is 3.24. The first kappa shape index (κ1) is 21.2. The number of benzene rings is 1. The van der Waals surface area contributed by atoms with Crippen LogP contribution in [0.1, 0.15) is 61.1 Å². The third-order valence-corrected chi connectivity index (χ3v) is 4.69. The molecule has 0 unspecified atom stereocenters. The summed E-state index contributed by atoms with van der Waals surface area (Å²) in [6.45, 7) is 1.96. The molecule has 1 aromatic carbocycles. The number of hydrogen-bond donors (Lipinski definition) is 1. The molecule has 1 heterocycles. The lowest BCUT2D eigenvalue weighted by Crippen LogP contribution is -2.18. The maximum Gasteiger partial charge on any atom is 0.387 e. The van der Waals surface area contributed by atoms with Gasteiger partial charge < -0.3 is 14.6 Å². The van der Waals surface area contributed by atoms with Crippen LogP contribution in [0.15, 0.2) is 18.3 Å². The zero-order valence-electron chi connectivity index (χ0n) is 15.9. The Morgan fingerprint density at radius 1 is 1.31 bits per heavy atom. The first-order valence-electron chi connectivity index (χ1n) is 8.87. The van der Waals surface area contributed by atoms with Crippen LogP contribution in [0, 0.1) is 5.82 Å². The molecule has 0 radical (unpaired) electrons. The molecule has 0 spiro atoms. The number of aromatic nitrogens is 1. The van der Waals surface area contributed by atoms with Gasteiger partial charge in [0.05, 0.1) is 22.5 Å². The first-order valence-corrected chi connectivity index (χ1v) is 9.25. The molecule has 29 heavy (non-hydrogen) atoms. The molecule has 1 N–H and O–H groups in total. The average Bonchev–Trinajstić information content (AvgIpc) is 3.41. The summed E-state index contributed by atoms with van der Waals surface area (Å²) < 4.78 is 50.8. The number of pyridine rings is 1. The molecule has 1 aromatic heterocycles. The highest BCUT2D eigenvalue weighted by Gasteiger charge is 2.32. The van der Waals surface area contributed by atoms with Gasteiger partial charge in [-0.05, 0) is 24.3 Å². The molecule has 0 atom stereocenters. The lowest BCUT2D eigenvalue weighted by atomic mass is 9.84. The van der Waals surface area contributed by atoms with Crippen LogP contribution in [0.3, 0.4) is 0 Å². The van der Waals surface area contributed by atoms with Crippen molar-refractivity contribution in [2.24, 2.45) is 0 Å². The number of rotatable bonds is 6. The van der Waals surface area contributed by atoms with Crippen LogP contribution < -0.4 is 9.47 Å². The van der Waals surface area contributed by atoms with E-state index in [9.17, 15) is 23.1 Å². The van der Waals surface area contributed by atoms with Crippen LogP contribution in [0.4, 0.5) is 13.2 Å². The van der Waals surface area contributed by atoms with Crippen molar-refractivity contribution in [2.75, 3.05) is 0 Å². The SMILES string of the molecule is CC(C)(C)c1c(F)c(C(=O)O)cc(Cl)c1Oc1cnc(C2CC2)c(OC(F)F)c1. The molecular formula is C20H19ClF3NO4. The summed E-state index contributed by atoms with van der Waals surface area (Å²) in [5.74, 6) is -2.60. The Kier molecular flexibility index (Phi) is 5.67. The van der Waals surface area contributed by atoms with Crippen LogP contribution >= 0.6 is 11.6 Å². The second kappa shape index (κ2) is 7.74. The molecular weight excluding hydrogens is 411 g/mol. The number of halogens is 4. The molecule has 1 aliphatic carbocycles. The van der Waals surface area contributed by atoms with Gasteiger partial charge >= 0.3 is 12.6 Å². The van der Waals surface area contributed by atoms with Gasteiger partial charge in [0, 0.05) is 17.5 Å². The zero-order valence-corrected chi connectivity index (χ0v) is 16.7. The molecule has 2 aromatic rings. The number of carboxylic acid groups (broad SMARTS) is 1. The smallest absolute Gasteiger partial charge is 0.387 e. The maximum absolute atomic E-state index is 14.9. The molecule has 0 amide bonds. The number of ether oxygens (including phenoxy) is 2. The lowest BCUT2D eigenvalue weighted by molar-refractivity contribution is -0.0508. The highest BCUT2D eigenvalue weighted by atomic mass is 35.5. The fourth-order valence-electron chi connectivity index (χ4n) is 3.00. The van der Waals surface area contributed by atoms with E-state index in [4.69, 9.17) is 16.3 Å². The minimum Gasteiger partial charge on any atom is -0.478 e. The molecule has 1 fully saturated rings. The van der Waals surface area contributed by atoms with Gasteiger partial charge in [0.15, 0.2) is 11.5 Å². The van der Waals surface area contributed by atoms with E-state index in [0.29, 0.717) is 5.69 Å². The van der Waals surface area contributed by atoms with Crippen molar-refractivity contribution in [2.45, 2.75) is 51.6 Å². The van der Waals surface area contributed by atoms with Crippen LogP contribution in [-0.4, -0.2) is 22.7 Å². The molecule has 3 rings (SSSR count). The van der Waals surface area contributed by atoms with Crippen LogP contribution in [0.5, 0.6) is 17.2 Å². The quantitative estimate of drug-likeness (QED) is 0.597. The van der Waals surface area contributed by atoms with Gasteiger partial charge in [0.1, 0.15) is 11.6 Å². The molecule has 1 aliphatic rings. The monoisotopic (exact) mass is 429 g/mol. The number of aromatic carboxylic acids is 1. The molecule has 156 valence electrons. The Labute approximate surface area is 170 Å². The van der Waals surface area contributed by atoms with Gasteiger partial charge in [-0.25, -0.2) is 9.18 Å².